The van der Waals surface area contributed by atoms with E-state index in [-0.39, 0.29) is 5.69 Å². The van der Waals surface area contributed by atoms with Crippen molar-refractivity contribution in [1.29, 1.82) is 0 Å². The molecule has 0 radical (unpaired) electrons. The molecule has 0 saturated carbocycles. The van der Waals surface area contributed by atoms with Crippen LogP contribution in [-0.4, -0.2) is 38.2 Å². The van der Waals surface area contributed by atoms with E-state index in [0.29, 0.717) is 16.3 Å². The first kappa shape index (κ1) is 16.5. The molecule has 132 valence electrons. The van der Waals surface area contributed by atoms with E-state index in [1.807, 2.05) is 6.07 Å². The summed E-state index contributed by atoms with van der Waals surface area (Å²) >= 11 is 6.03. The Morgan fingerprint density at radius 3 is 2.96 bits per heavy atom. The van der Waals surface area contributed by atoms with Gasteiger partial charge in [0, 0.05) is 35.1 Å². The van der Waals surface area contributed by atoms with Crippen molar-refractivity contribution in [3.63, 3.8) is 0 Å². The van der Waals surface area contributed by atoms with Gasteiger partial charge in [0.15, 0.2) is 0 Å². The second-order valence-corrected chi connectivity index (χ2v) is 6.08. The van der Waals surface area contributed by atoms with Gasteiger partial charge in [-0.25, -0.2) is 18.7 Å². The Hall–Kier alpha value is -3.00. The summed E-state index contributed by atoms with van der Waals surface area (Å²) in [4.78, 5) is 23.6. The fraction of sp³-hybridized carbons (Fsp3) is 0.118. The number of carbonyl (C=O) groups is 1. The molecule has 0 unspecified atom stereocenters. The number of H-pyrrole nitrogens is 1. The van der Waals surface area contributed by atoms with Gasteiger partial charge in [-0.3, -0.25) is 9.20 Å². The molecule has 0 atom stereocenters. The standard InChI is InChI=1S/C17H12ClF2N5O/c18-10-3-11-12(5-23-16(11)22-4-10)9-1-2-15-21-6-13(25(15)8-9)17(26)24-7-14(19)20/h1-6,8,14H,7H2,(H,22,23)(H,24,26). The maximum atomic E-state index is 12.3. The zero-order valence-electron chi connectivity index (χ0n) is 13.2. The zero-order valence-corrected chi connectivity index (χ0v) is 14.0. The van der Waals surface area contributed by atoms with E-state index in [0.717, 1.165) is 16.5 Å². The van der Waals surface area contributed by atoms with Crippen molar-refractivity contribution < 1.29 is 13.6 Å². The number of halogens is 3. The lowest BCUT2D eigenvalue weighted by molar-refractivity contribution is 0.0886. The lowest BCUT2D eigenvalue weighted by Crippen LogP contribution is -2.29. The number of alkyl halides is 2. The third-order valence-electron chi connectivity index (χ3n) is 3.96. The Morgan fingerprint density at radius 1 is 1.31 bits per heavy atom. The molecule has 2 N–H and O–H groups in total. The molecule has 6 nitrogen and oxygen atoms in total. The van der Waals surface area contributed by atoms with Crippen LogP contribution >= 0.6 is 11.6 Å². The minimum absolute atomic E-state index is 0.179. The first-order valence-electron chi connectivity index (χ1n) is 7.69. The van der Waals surface area contributed by atoms with Gasteiger partial charge in [0.1, 0.15) is 17.0 Å². The SMILES string of the molecule is O=C(NCC(F)F)c1cnc2ccc(-c3c[nH]c4ncc(Cl)cc34)cn12. The molecule has 0 saturated heterocycles. The first-order chi connectivity index (χ1) is 12.5. The second-order valence-electron chi connectivity index (χ2n) is 5.64. The molecule has 4 aromatic heterocycles. The predicted octanol–water partition coefficient (Wildman–Crippen LogP) is 3.53. The second kappa shape index (κ2) is 6.38. The fourth-order valence-corrected chi connectivity index (χ4v) is 2.94. The molecule has 0 aliphatic rings. The number of aromatic amines is 1. The third-order valence-corrected chi connectivity index (χ3v) is 4.17. The summed E-state index contributed by atoms with van der Waals surface area (Å²) in [5.74, 6) is -0.612. The average molecular weight is 376 g/mol. The number of aromatic nitrogens is 4. The van der Waals surface area contributed by atoms with Gasteiger partial charge in [0.2, 0.25) is 0 Å². The van der Waals surface area contributed by atoms with Crippen LogP contribution in [0, 0.1) is 0 Å². The molecule has 0 aromatic carbocycles. The summed E-state index contributed by atoms with van der Waals surface area (Å²) in [6.45, 7) is -0.710. The number of nitrogens with zero attached hydrogens (tertiary/aromatic N) is 3. The number of hydrogen-bond donors (Lipinski definition) is 2. The quantitative estimate of drug-likeness (QED) is 0.573. The van der Waals surface area contributed by atoms with E-state index in [1.165, 1.54) is 6.20 Å². The molecule has 0 aliphatic heterocycles. The number of amides is 1. The van der Waals surface area contributed by atoms with Crippen LogP contribution in [0.2, 0.25) is 5.02 Å². The van der Waals surface area contributed by atoms with Crippen molar-refractivity contribution in [3.8, 4) is 11.1 Å². The Bertz CT molecular complexity index is 1120. The largest absolute Gasteiger partial charge is 0.346 e. The third kappa shape index (κ3) is 2.88. The van der Waals surface area contributed by atoms with Crippen LogP contribution in [0.25, 0.3) is 27.8 Å². The fourth-order valence-electron chi connectivity index (χ4n) is 2.79. The summed E-state index contributed by atoms with van der Waals surface area (Å²) in [6.07, 6.45) is 3.81. The Labute approximate surface area is 150 Å². The Balaban J connectivity index is 1.78. The Morgan fingerprint density at radius 2 is 2.15 bits per heavy atom. The normalized spacial score (nSPS) is 11.5. The highest BCUT2D eigenvalue weighted by Gasteiger charge is 2.15. The van der Waals surface area contributed by atoms with Crippen LogP contribution in [0.5, 0.6) is 0 Å². The van der Waals surface area contributed by atoms with Crippen LogP contribution in [0.1, 0.15) is 10.5 Å². The van der Waals surface area contributed by atoms with E-state index in [9.17, 15) is 13.6 Å². The van der Waals surface area contributed by atoms with E-state index in [4.69, 9.17) is 11.6 Å². The van der Waals surface area contributed by atoms with Gasteiger partial charge in [-0.05, 0) is 18.2 Å². The minimum atomic E-state index is -2.61. The summed E-state index contributed by atoms with van der Waals surface area (Å²) in [5, 5.41) is 3.53. The first-order valence-corrected chi connectivity index (χ1v) is 8.07. The van der Waals surface area contributed by atoms with Crippen LogP contribution < -0.4 is 5.32 Å². The molecule has 0 spiro atoms. The van der Waals surface area contributed by atoms with Crippen molar-refractivity contribution in [2.75, 3.05) is 6.54 Å². The number of carbonyl (C=O) groups excluding carboxylic acids is 1. The summed E-state index contributed by atoms with van der Waals surface area (Å²) in [7, 11) is 0. The molecule has 4 aromatic rings. The highest BCUT2D eigenvalue weighted by Crippen LogP contribution is 2.29. The summed E-state index contributed by atoms with van der Waals surface area (Å²) in [6, 6.07) is 5.40. The van der Waals surface area contributed by atoms with Crippen molar-refractivity contribution in [3.05, 3.63) is 53.7 Å². The molecule has 4 heterocycles. The number of pyridine rings is 2. The number of nitrogens with one attached hydrogen (secondary N) is 2. The molecule has 1 amide bonds. The minimum Gasteiger partial charge on any atom is -0.346 e. The zero-order chi connectivity index (χ0) is 18.3. The number of fused-ring (bicyclic) bond motifs is 2. The molecule has 9 heteroatoms. The maximum Gasteiger partial charge on any atom is 0.270 e. The van der Waals surface area contributed by atoms with Crippen molar-refractivity contribution >= 4 is 34.2 Å². The van der Waals surface area contributed by atoms with Gasteiger partial charge in [-0.15, -0.1) is 0 Å². The van der Waals surface area contributed by atoms with Crippen molar-refractivity contribution in [2.45, 2.75) is 6.43 Å². The molecule has 0 bridgehead atoms. The molecule has 0 aliphatic carbocycles. The molecular weight excluding hydrogens is 364 g/mol. The lowest BCUT2D eigenvalue weighted by Gasteiger charge is -2.06. The molecular formula is C17H12ClF2N5O. The summed E-state index contributed by atoms with van der Waals surface area (Å²) in [5.41, 5.74) is 3.05. The number of imidazole rings is 1. The van der Waals surface area contributed by atoms with E-state index < -0.39 is 18.9 Å². The number of rotatable bonds is 4. The van der Waals surface area contributed by atoms with Crippen LogP contribution in [-0.2, 0) is 0 Å². The predicted molar refractivity (Wildman–Crippen MR) is 93.6 cm³/mol. The van der Waals surface area contributed by atoms with Gasteiger partial charge in [0.05, 0.1) is 17.8 Å². The highest BCUT2D eigenvalue weighted by atomic mass is 35.5. The van der Waals surface area contributed by atoms with Crippen LogP contribution in [0.15, 0.2) is 43.0 Å². The van der Waals surface area contributed by atoms with E-state index >= 15 is 0 Å². The van der Waals surface area contributed by atoms with E-state index in [1.54, 1.807) is 35.1 Å². The summed E-state index contributed by atoms with van der Waals surface area (Å²) < 4.78 is 26.2. The molecule has 26 heavy (non-hydrogen) atoms. The maximum absolute atomic E-state index is 12.3. The topological polar surface area (TPSA) is 75.1 Å². The van der Waals surface area contributed by atoms with Gasteiger partial charge in [0.25, 0.3) is 12.3 Å². The van der Waals surface area contributed by atoms with Crippen molar-refractivity contribution in [2.24, 2.45) is 0 Å². The van der Waals surface area contributed by atoms with E-state index in [2.05, 4.69) is 20.3 Å². The highest BCUT2D eigenvalue weighted by molar-refractivity contribution is 6.31. The van der Waals surface area contributed by atoms with Gasteiger partial charge in [-0.1, -0.05) is 11.6 Å². The van der Waals surface area contributed by atoms with Crippen molar-refractivity contribution in [1.82, 2.24) is 24.7 Å². The molecule has 4 rings (SSSR count). The van der Waals surface area contributed by atoms with Gasteiger partial charge in [-0.2, -0.15) is 0 Å². The lowest BCUT2D eigenvalue weighted by atomic mass is 10.1. The Kier molecular flexibility index (Phi) is 4.04. The van der Waals surface area contributed by atoms with Crippen LogP contribution in [0.4, 0.5) is 8.78 Å². The smallest absolute Gasteiger partial charge is 0.270 e. The number of hydrogen-bond acceptors (Lipinski definition) is 3. The van der Waals surface area contributed by atoms with Gasteiger partial charge < -0.3 is 10.3 Å². The average Bonchev–Trinajstić information content (AvgIpc) is 3.22. The monoisotopic (exact) mass is 375 g/mol. The van der Waals surface area contributed by atoms with Crippen LogP contribution in [0.3, 0.4) is 0 Å². The molecule has 0 fully saturated rings. The van der Waals surface area contributed by atoms with Gasteiger partial charge >= 0.3 is 0 Å².